The van der Waals surface area contributed by atoms with E-state index in [2.05, 4.69) is 48.7 Å². The van der Waals surface area contributed by atoms with Gasteiger partial charge >= 0.3 is 11.9 Å². The van der Waals surface area contributed by atoms with Crippen LogP contribution in [0.2, 0.25) is 0 Å². The number of amides is 1. The predicted molar refractivity (Wildman–Crippen MR) is 235 cm³/mol. The highest BCUT2D eigenvalue weighted by molar-refractivity contribution is 6.06. The van der Waals surface area contributed by atoms with Crippen LogP contribution < -0.4 is 11.1 Å². The number of fused-ring (bicyclic) bond motifs is 8. The zero-order valence-corrected chi connectivity index (χ0v) is 36.3. The summed E-state index contributed by atoms with van der Waals surface area (Å²) in [6, 6.07) is 6.06. The van der Waals surface area contributed by atoms with Crippen LogP contribution in [-0.2, 0) is 39.7 Å². The molecule has 0 radical (unpaired) electrons. The molecular weight excluding hydrogens is 765 g/mol. The first-order valence-corrected chi connectivity index (χ1v) is 20.9. The number of rotatable bonds is 21. The Kier molecular flexibility index (Phi) is 16.8. The summed E-state index contributed by atoms with van der Waals surface area (Å²) >= 11 is 0. The van der Waals surface area contributed by atoms with Gasteiger partial charge in [0, 0.05) is 71.4 Å². The first-order valence-electron chi connectivity index (χ1n) is 20.9. The third-order valence-electron chi connectivity index (χ3n) is 11.4. The molecule has 14 nitrogen and oxygen atoms in total. The smallest absolute Gasteiger partial charge is 0.310 e. The predicted octanol–water partition coefficient (Wildman–Crippen LogP) is 6.99. The Labute approximate surface area is 352 Å². The van der Waals surface area contributed by atoms with Gasteiger partial charge in [-0.3, -0.25) is 19.4 Å². The molecule has 60 heavy (non-hydrogen) atoms. The monoisotopic (exact) mass is 826 g/mol. The number of allylic oxidation sites excluding steroid dienone is 2. The molecule has 14 heteroatoms. The van der Waals surface area contributed by atoms with E-state index in [9.17, 15) is 14.4 Å². The normalized spacial score (nSPS) is 15.0. The van der Waals surface area contributed by atoms with Gasteiger partial charge in [0.05, 0.1) is 75.2 Å². The van der Waals surface area contributed by atoms with Gasteiger partial charge in [-0.25, -0.2) is 4.98 Å². The topological polar surface area (TPSA) is 193 Å². The lowest BCUT2D eigenvalue weighted by atomic mass is 9.85. The first kappa shape index (κ1) is 45.9. The molecule has 1 amide bonds. The molecule has 5 heterocycles. The third kappa shape index (κ3) is 10.8. The molecule has 2 aliphatic heterocycles. The average Bonchev–Trinajstić information content (AvgIpc) is 3.93. The van der Waals surface area contributed by atoms with Gasteiger partial charge in [-0.15, -0.1) is 0 Å². The highest BCUT2D eigenvalue weighted by Gasteiger charge is 2.34. The summed E-state index contributed by atoms with van der Waals surface area (Å²) in [7, 11) is 2.71. The van der Waals surface area contributed by atoms with Crippen LogP contribution in [0.15, 0.2) is 24.8 Å². The van der Waals surface area contributed by atoms with E-state index in [1.807, 2.05) is 32.1 Å². The molecule has 8 bridgehead atoms. The van der Waals surface area contributed by atoms with Gasteiger partial charge in [0.2, 0.25) is 0 Å². The number of methoxy groups -OCH3 is 2. The minimum atomic E-state index is -0.495. The molecule has 2 aliphatic rings. The summed E-state index contributed by atoms with van der Waals surface area (Å²) in [6.45, 7) is 18.2. The van der Waals surface area contributed by atoms with Gasteiger partial charge in [0.15, 0.2) is 0 Å². The van der Waals surface area contributed by atoms with Gasteiger partial charge < -0.3 is 44.7 Å². The number of aromatic nitrogens is 4. The summed E-state index contributed by atoms with van der Waals surface area (Å²) in [5.41, 5.74) is 17.0. The van der Waals surface area contributed by atoms with E-state index in [0.717, 1.165) is 63.2 Å². The van der Waals surface area contributed by atoms with Crippen molar-refractivity contribution in [1.82, 2.24) is 25.3 Å². The van der Waals surface area contributed by atoms with Crippen molar-refractivity contribution < 1.29 is 38.1 Å². The fourth-order valence-electron chi connectivity index (χ4n) is 7.90. The molecule has 0 saturated carbocycles. The number of carbonyl (C=O) groups excluding carboxylic acids is 3. The number of ether oxygens (including phenoxy) is 5. The zero-order valence-electron chi connectivity index (χ0n) is 36.3. The van der Waals surface area contributed by atoms with Crippen molar-refractivity contribution in [3.05, 3.63) is 75.4 Å². The summed E-state index contributed by atoms with van der Waals surface area (Å²) in [5, 5.41) is 3.09. The maximum atomic E-state index is 14.4. The average molecular weight is 827 g/mol. The summed E-state index contributed by atoms with van der Waals surface area (Å²) in [6.07, 6.45) is 4.35. The van der Waals surface area contributed by atoms with Crippen LogP contribution in [0.3, 0.4) is 0 Å². The SMILES string of the molecule is C=Cc1c(C)c2cc3nc(c(CC(=O)OC)c4[nH]c(cc5nc(cc1[nH]2)C(C)=C5CC)c(C)c4C(=O)NCCCOCCOCCOCCCN)C(CCC(=O)OC)C3C. The van der Waals surface area contributed by atoms with E-state index in [1.165, 1.54) is 14.2 Å². The lowest BCUT2D eigenvalue weighted by Crippen LogP contribution is -2.26. The molecule has 5 N–H and O–H groups in total. The number of H-pyrrole nitrogens is 2. The molecule has 0 aliphatic carbocycles. The molecule has 324 valence electrons. The zero-order chi connectivity index (χ0) is 43.3. The van der Waals surface area contributed by atoms with E-state index in [4.69, 9.17) is 39.4 Å². The standard InChI is InChI=1S/C46H62N6O8/c1-9-31-27(3)35-24-37-29(5)33(13-14-41(53)56-7)44(51-37)34(23-42(54)57-8)45-43(46(55)48-16-12-18-59-20-22-60-21-19-58-17-11-15-47)30(6)38(52-45)26-40-32(10-2)28(4)36(50-40)25-39(31)49-35/h9,24-26,29,33,49,52H,1,10-23,47H2,2-8H3,(H,48,55). The van der Waals surface area contributed by atoms with Gasteiger partial charge in [0.25, 0.3) is 5.91 Å². The van der Waals surface area contributed by atoms with Gasteiger partial charge in [0.1, 0.15) is 0 Å². The van der Waals surface area contributed by atoms with E-state index >= 15 is 0 Å². The number of hydrogen-bond donors (Lipinski definition) is 4. The number of aromatic amines is 2. The van der Waals surface area contributed by atoms with E-state index < -0.39 is 5.97 Å². The molecule has 5 rings (SSSR count). The second-order valence-corrected chi connectivity index (χ2v) is 15.1. The second kappa shape index (κ2) is 21.9. The van der Waals surface area contributed by atoms with Crippen LogP contribution in [-0.4, -0.2) is 105 Å². The summed E-state index contributed by atoms with van der Waals surface area (Å²) in [4.78, 5) is 57.8. The Morgan fingerprint density at radius 1 is 0.850 bits per heavy atom. The maximum Gasteiger partial charge on any atom is 0.310 e. The minimum absolute atomic E-state index is 0.141. The Morgan fingerprint density at radius 2 is 1.50 bits per heavy atom. The van der Waals surface area contributed by atoms with Crippen molar-refractivity contribution in [3.63, 3.8) is 0 Å². The van der Waals surface area contributed by atoms with E-state index in [-0.39, 0.29) is 36.6 Å². The fourth-order valence-corrected chi connectivity index (χ4v) is 7.90. The van der Waals surface area contributed by atoms with Crippen LogP contribution in [0.25, 0.3) is 39.3 Å². The van der Waals surface area contributed by atoms with Gasteiger partial charge in [-0.05, 0) is 93.5 Å². The molecule has 2 unspecified atom stereocenters. The van der Waals surface area contributed by atoms with Crippen LogP contribution in [0.4, 0.5) is 0 Å². The quantitative estimate of drug-likeness (QED) is 0.0639. The number of nitrogens with one attached hydrogen (secondary N) is 3. The third-order valence-corrected chi connectivity index (χ3v) is 11.4. The number of esters is 2. The Balaban J connectivity index is 1.63. The highest BCUT2D eigenvalue weighted by Crippen LogP contribution is 2.43. The fraction of sp³-hybridized carbons (Fsp3) is 0.500. The van der Waals surface area contributed by atoms with Crippen molar-refractivity contribution in [1.29, 1.82) is 0 Å². The second-order valence-electron chi connectivity index (χ2n) is 15.1. The lowest BCUT2D eigenvalue weighted by Gasteiger charge is -2.18. The Morgan fingerprint density at radius 3 is 2.15 bits per heavy atom. The van der Waals surface area contributed by atoms with Crippen molar-refractivity contribution in [2.75, 3.05) is 67.0 Å². The summed E-state index contributed by atoms with van der Waals surface area (Å²) < 4.78 is 27.1. The van der Waals surface area contributed by atoms with Crippen LogP contribution in [0.5, 0.6) is 0 Å². The molecule has 3 aromatic rings. The number of carbonyl (C=O) groups is 3. The molecule has 0 aromatic carbocycles. The number of nitrogens with zero attached hydrogens (tertiary/aromatic N) is 2. The van der Waals surface area contributed by atoms with E-state index in [0.29, 0.717) is 99.0 Å². The number of nitrogens with two attached hydrogens (primary N) is 1. The first-order chi connectivity index (χ1) is 29.0. The molecule has 0 spiro atoms. The maximum absolute atomic E-state index is 14.4. The van der Waals surface area contributed by atoms with Crippen LogP contribution in [0, 0.1) is 13.8 Å². The van der Waals surface area contributed by atoms with Crippen molar-refractivity contribution in [3.8, 4) is 0 Å². The number of hydrogen-bond acceptors (Lipinski definition) is 11. The van der Waals surface area contributed by atoms with Crippen LogP contribution in [0.1, 0.15) is 120 Å². The van der Waals surface area contributed by atoms with Crippen molar-refractivity contribution >= 4 is 57.1 Å². The molecule has 0 fully saturated rings. The van der Waals surface area contributed by atoms with Gasteiger partial charge in [-0.2, -0.15) is 0 Å². The van der Waals surface area contributed by atoms with E-state index in [1.54, 1.807) is 0 Å². The van der Waals surface area contributed by atoms with Crippen molar-refractivity contribution in [2.24, 2.45) is 5.73 Å². The lowest BCUT2D eigenvalue weighted by molar-refractivity contribution is -0.141. The number of aryl methyl sites for hydroxylation is 2. The van der Waals surface area contributed by atoms with Gasteiger partial charge in [-0.1, -0.05) is 26.5 Å². The van der Waals surface area contributed by atoms with Crippen LogP contribution >= 0.6 is 0 Å². The molecule has 2 atom stereocenters. The largest absolute Gasteiger partial charge is 0.469 e. The molecular formula is C46H62N6O8. The Bertz CT molecular complexity index is 2240. The molecule has 0 saturated heterocycles. The highest BCUT2D eigenvalue weighted by atomic mass is 16.5. The van der Waals surface area contributed by atoms with Crippen molar-refractivity contribution in [2.45, 2.75) is 85.0 Å². The summed E-state index contributed by atoms with van der Waals surface area (Å²) in [5.74, 6) is -1.61. The molecule has 3 aromatic heterocycles. The minimum Gasteiger partial charge on any atom is -0.469 e. The Hall–Kier alpha value is -5.15.